The fourth-order valence-corrected chi connectivity index (χ4v) is 4.06. The number of aliphatic hydroxyl groups is 1. The smallest absolute Gasteiger partial charge is 0.229 e. The van der Waals surface area contributed by atoms with Crippen molar-refractivity contribution in [3.63, 3.8) is 0 Å². The number of rotatable bonds is 14. The minimum absolute atomic E-state index is 0.00568. The van der Waals surface area contributed by atoms with Gasteiger partial charge in [0, 0.05) is 30.5 Å². The topological polar surface area (TPSA) is 99.6 Å². The summed E-state index contributed by atoms with van der Waals surface area (Å²) in [6.07, 6.45) is 2.99. The average Bonchev–Trinajstić information content (AvgIpc) is 2.93. The number of aryl methyl sites for hydroxylation is 1. The van der Waals surface area contributed by atoms with E-state index in [2.05, 4.69) is 32.7 Å². The number of Topliss-reactive ketones (excluding diaryl/α,β-unsaturated/α-hetero) is 1. The highest BCUT2D eigenvalue weighted by molar-refractivity contribution is 6.00. The second-order valence-corrected chi connectivity index (χ2v) is 9.59. The molecular formula is C31H35N5O3. The average molecular weight is 526 g/mol. The summed E-state index contributed by atoms with van der Waals surface area (Å²) in [7, 11) is 3.81. The van der Waals surface area contributed by atoms with Gasteiger partial charge in [-0.05, 0) is 68.9 Å². The Hall–Kier alpha value is -4.27. The standard InChI is InChI=1S/C31H35N5O3/c1-36(2)21-26(37)22-39-27-18-16-25(17-19-27)34-31-32-20-28(30(35-31)33-24-13-7-4-8-14-24)29(38)15-9-12-23-10-5-3-6-11-23/h3-8,10-11,13-14,16-20,26,37H,9,12,15,21-22H2,1-2H3,(H2,32,33,34,35). The Labute approximate surface area is 229 Å². The summed E-state index contributed by atoms with van der Waals surface area (Å²) < 4.78 is 5.68. The van der Waals surface area contributed by atoms with E-state index in [1.807, 2.05) is 91.8 Å². The molecule has 0 saturated carbocycles. The maximum Gasteiger partial charge on any atom is 0.229 e. The summed E-state index contributed by atoms with van der Waals surface area (Å²) in [5.74, 6) is 1.47. The van der Waals surface area contributed by atoms with Crippen LogP contribution in [0, 0.1) is 0 Å². The molecule has 0 radical (unpaired) electrons. The molecule has 39 heavy (non-hydrogen) atoms. The first kappa shape index (κ1) is 27.8. The molecular weight excluding hydrogens is 490 g/mol. The molecule has 202 valence electrons. The molecule has 4 rings (SSSR count). The number of anilines is 4. The van der Waals surface area contributed by atoms with Gasteiger partial charge in [-0.15, -0.1) is 0 Å². The van der Waals surface area contributed by atoms with Crippen molar-refractivity contribution in [2.75, 3.05) is 37.9 Å². The molecule has 3 N–H and O–H groups in total. The predicted octanol–water partition coefficient (Wildman–Crippen LogP) is 5.47. The molecule has 8 nitrogen and oxygen atoms in total. The lowest BCUT2D eigenvalue weighted by atomic mass is 10.0. The van der Waals surface area contributed by atoms with E-state index in [4.69, 9.17) is 4.74 Å². The maximum absolute atomic E-state index is 13.1. The molecule has 0 fully saturated rings. The number of aromatic nitrogens is 2. The van der Waals surface area contributed by atoms with Crippen LogP contribution in [-0.4, -0.2) is 59.1 Å². The number of hydrogen-bond acceptors (Lipinski definition) is 8. The second-order valence-electron chi connectivity index (χ2n) is 9.59. The van der Waals surface area contributed by atoms with Crippen LogP contribution in [0.15, 0.2) is 91.1 Å². The summed E-state index contributed by atoms with van der Waals surface area (Å²) >= 11 is 0. The van der Waals surface area contributed by atoms with E-state index in [0.717, 1.165) is 24.2 Å². The first-order chi connectivity index (χ1) is 19.0. The van der Waals surface area contributed by atoms with Crippen LogP contribution in [0.5, 0.6) is 5.75 Å². The molecule has 0 spiro atoms. The number of carbonyl (C=O) groups excluding carboxylic acids is 1. The molecule has 1 heterocycles. The molecule has 0 aliphatic heterocycles. The molecule has 0 saturated heterocycles. The summed E-state index contributed by atoms with van der Waals surface area (Å²) in [6.45, 7) is 0.741. The Morgan fingerprint density at radius 3 is 2.28 bits per heavy atom. The third kappa shape index (κ3) is 8.91. The molecule has 1 unspecified atom stereocenters. The molecule has 1 aromatic heterocycles. The molecule has 1 atom stereocenters. The first-order valence-corrected chi connectivity index (χ1v) is 13.0. The number of carbonyl (C=O) groups is 1. The molecule has 8 heteroatoms. The van der Waals surface area contributed by atoms with Crippen molar-refractivity contribution in [2.45, 2.75) is 25.4 Å². The van der Waals surface area contributed by atoms with Crippen molar-refractivity contribution in [3.05, 3.63) is 102 Å². The van der Waals surface area contributed by atoms with E-state index >= 15 is 0 Å². The third-order valence-corrected chi connectivity index (χ3v) is 5.97. The van der Waals surface area contributed by atoms with Crippen molar-refractivity contribution in [3.8, 4) is 5.75 Å². The molecule has 0 amide bonds. The van der Waals surface area contributed by atoms with Crippen LogP contribution in [0.4, 0.5) is 23.1 Å². The van der Waals surface area contributed by atoms with Crippen molar-refractivity contribution >= 4 is 28.9 Å². The summed E-state index contributed by atoms with van der Waals surface area (Å²) in [5.41, 5.74) is 3.27. The van der Waals surface area contributed by atoms with Crippen LogP contribution in [-0.2, 0) is 6.42 Å². The second kappa shape index (κ2) is 14.0. The lowest BCUT2D eigenvalue weighted by Crippen LogP contribution is -2.30. The molecule has 0 aliphatic rings. The van der Waals surface area contributed by atoms with Crippen molar-refractivity contribution in [1.29, 1.82) is 0 Å². The number of benzene rings is 3. The third-order valence-electron chi connectivity index (χ3n) is 5.97. The van der Waals surface area contributed by atoms with Gasteiger partial charge in [-0.1, -0.05) is 48.5 Å². The van der Waals surface area contributed by atoms with E-state index in [-0.39, 0.29) is 12.4 Å². The maximum atomic E-state index is 13.1. The fraction of sp³-hybridized carbons (Fsp3) is 0.258. The highest BCUT2D eigenvalue weighted by Crippen LogP contribution is 2.24. The Bertz CT molecular complexity index is 1320. The summed E-state index contributed by atoms with van der Waals surface area (Å²) in [6, 6.07) is 27.1. The van der Waals surface area contributed by atoms with Gasteiger partial charge in [0.15, 0.2) is 5.78 Å². The number of para-hydroxylation sites is 1. The fourth-order valence-electron chi connectivity index (χ4n) is 4.06. The molecule has 4 aromatic rings. The quantitative estimate of drug-likeness (QED) is 0.186. The van der Waals surface area contributed by atoms with E-state index < -0.39 is 6.10 Å². The van der Waals surface area contributed by atoms with Gasteiger partial charge in [0.1, 0.15) is 24.3 Å². The lowest BCUT2D eigenvalue weighted by Gasteiger charge is -2.16. The van der Waals surface area contributed by atoms with Gasteiger partial charge >= 0.3 is 0 Å². The Balaban J connectivity index is 1.43. The van der Waals surface area contributed by atoms with Gasteiger partial charge in [-0.3, -0.25) is 4.79 Å². The van der Waals surface area contributed by atoms with Crippen molar-refractivity contribution in [2.24, 2.45) is 0 Å². The van der Waals surface area contributed by atoms with Crippen LogP contribution in [0.25, 0.3) is 0 Å². The van der Waals surface area contributed by atoms with E-state index in [1.54, 1.807) is 6.20 Å². The number of ether oxygens (including phenoxy) is 1. The van der Waals surface area contributed by atoms with E-state index in [1.165, 1.54) is 5.56 Å². The van der Waals surface area contributed by atoms with Gasteiger partial charge < -0.3 is 25.4 Å². The van der Waals surface area contributed by atoms with E-state index in [9.17, 15) is 9.90 Å². The SMILES string of the molecule is CN(C)CC(O)COc1ccc(Nc2ncc(C(=O)CCCc3ccccc3)c(Nc3ccccc3)n2)cc1. The highest BCUT2D eigenvalue weighted by atomic mass is 16.5. The van der Waals surface area contributed by atoms with Gasteiger partial charge in [0.05, 0.1) is 5.56 Å². The number of hydrogen-bond donors (Lipinski definition) is 3. The van der Waals surface area contributed by atoms with Crippen LogP contribution in [0.2, 0.25) is 0 Å². The first-order valence-electron chi connectivity index (χ1n) is 13.0. The number of likely N-dealkylation sites (N-methyl/N-ethyl adjacent to an activating group) is 1. The highest BCUT2D eigenvalue weighted by Gasteiger charge is 2.16. The van der Waals surface area contributed by atoms with Crippen LogP contribution < -0.4 is 15.4 Å². The number of ketones is 1. The summed E-state index contributed by atoms with van der Waals surface area (Å²) in [4.78, 5) is 24.1. The zero-order valence-electron chi connectivity index (χ0n) is 22.4. The zero-order chi connectivity index (χ0) is 27.5. The normalized spacial score (nSPS) is 11.7. The monoisotopic (exact) mass is 525 g/mol. The van der Waals surface area contributed by atoms with E-state index in [0.29, 0.717) is 36.0 Å². The van der Waals surface area contributed by atoms with Crippen LogP contribution in [0.1, 0.15) is 28.8 Å². The number of aliphatic hydroxyl groups excluding tert-OH is 1. The zero-order valence-corrected chi connectivity index (χ0v) is 22.4. The van der Waals surface area contributed by atoms with Gasteiger partial charge in [0.25, 0.3) is 0 Å². The van der Waals surface area contributed by atoms with Crippen LogP contribution >= 0.6 is 0 Å². The Morgan fingerprint density at radius 1 is 0.923 bits per heavy atom. The molecule has 3 aromatic carbocycles. The van der Waals surface area contributed by atoms with Crippen molar-refractivity contribution in [1.82, 2.24) is 14.9 Å². The minimum atomic E-state index is -0.568. The Kier molecular flexibility index (Phi) is 9.99. The van der Waals surface area contributed by atoms with Crippen LogP contribution in [0.3, 0.4) is 0 Å². The molecule has 0 bridgehead atoms. The summed E-state index contributed by atoms with van der Waals surface area (Å²) in [5, 5.41) is 16.5. The van der Waals surface area contributed by atoms with Gasteiger partial charge in [0.2, 0.25) is 5.95 Å². The predicted molar refractivity (Wildman–Crippen MR) is 155 cm³/mol. The number of nitrogens with zero attached hydrogens (tertiary/aromatic N) is 3. The number of nitrogens with one attached hydrogen (secondary N) is 2. The van der Waals surface area contributed by atoms with Gasteiger partial charge in [-0.25, -0.2) is 4.98 Å². The Morgan fingerprint density at radius 2 is 1.59 bits per heavy atom. The minimum Gasteiger partial charge on any atom is -0.491 e. The van der Waals surface area contributed by atoms with Crippen molar-refractivity contribution < 1.29 is 14.6 Å². The van der Waals surface area contributed by atoms with Gasteiger partial charge in [-0.2, -0.15) is 4.98 Å². The largest absolute Gasteiger partial charge is 0.491 e. The molecule has 0 aliphatic carbocycles. The lowest BCUT2D eigenvalue weighted by molar-refractivity contribution is 0.0831.